The van der Waals surface area contributed by atoms with Gasteiger partial charge in [0.2, 0.25) is 5.91 Å². The zero-order valence-corrected chi connectivity index (χ0v) is 20.8. The van der Waals surface area contributed by atoms with E-state index in [4.69, 9.17) is 0 Å². The number of likely N-dealkylation sites (N-methyl/N-ethyl adjacent to an activating group) is 1. The first-order chi connectivity index (χ1) is 17.1. The van der Waals surface area contributed by atoms with E-state index in [1.165, 1.54) is 5.56 Å². The second-order valence-electron chi connectivity index (χ2n) is 10.0. The number of anilines is 2. The second kappa shape index (κ2) is 10.8. The first kappa shape index (κ1) is 23.8. The van der Waals surface area contributed by atoms with Crippen LogP contribution in [0.5, 0.6) is 0 Å². The van der Waals surface area contributed by atoms with Gasteiger partial charge in [0, 0.05) is 58.4 Å². The molecule has 1 atom stereocenters. The standard InChI is InChI=1S/C28H37N5O2/c1-30-26-20-23(11-12-24(26)33-15-6-5-10-25(33)28(30)35)27(34)29-13-7-14-31-16-18-32(19-17-31)21-22-8-3-2-4-9-22/h2-4,8-9,11-12,20,25H,5-7,10,13-19,21H2,1H3,(H,29,34). The van der Waals surface area contributed by atoms with Gasteiger partial charge in [-0.15, -0.1) is 0 Å². The number of carbonyl (C=O) groups is 2. The van der Waals surface area contributed by atoms with Crippen molar-refractivity contribution in [2.24, 2.45) is 0 Å². The van der Waals surface area contributed by atoms with Crippen LogP contribution < -0.4 is 15.1 Å². The van der Waals surface area contributed by atoms with Crippen molar-refractivity contribution in [2.75, 3.05) is 62.7 Å². The number of hydrogen-bond acceptors (Lipinski definition) is 5. The van der Waals surface area contributed by atoms with Gasteiger partial charge in [0.1, 0.15) is 6.04 Å². The summed E-state index contributed by atoms with van der Waals surface area (Å²) < 4.78 is 0. The number of nitrogens with one attached hydrogen (secondary N) is 1. The SMILES string of the molecule is CN1C(=O)C2CCCCN2c2ccc(C(=O)NCCCN3CCN(Cc4ccccc4)CC3)cc21. The van der Waals surface area contributed by atoms with Crippen LogP contribution in [0, 0.1) is 0 Å². The molecular weight excluding hydrogens is 438 g/mol. The number of carbonyl (C=O) groups excluding carboxylic acids is 2. The first-order valence-electron chi connectivity index (χ1n) is 13.1. The minimum atomic E-state index is -0.0675. The monoisotopic (exact) mass is 475 g/mol. The molecule has 2 saturated heterocycles. The molecule has 7 nitrogen and oxygen atoms in total. The summed E-state index contributed by atoms with van der Waals surface area (Å²) in [7, 11) is 1.83. The predicted octanol–water partition coefficient (Wildman–Crippen LogP) is 2.96. The summed E-state index contributed by atoms with van der Waals surface area (Å²) in [6, 6.07) is 16.4. The molecular formula is C28H37N5O2. The lowest BCUT2D eigenvalue weighted by Gasteiger charge is -2.44. The molecule has 5 rings (SSSR count). The molecule has 186 valence electrons. The Morgan fingerprint density at radius 3 is 2.51 bits per heavy atom. The number of piperidine rings is 1. The number of nitrogens with zero attached hydrogens (tertiary/aromatic N) is 4. The Morgan fingerprint density at radius 2 is 1.71 bits per heavy atom. The van der Waals surface area contributed by atoms with Crippen molar-refractivity contribution in [3.63, 3.8) is 0 Å². The van der Waals surface area contributed by atoms with Crippen LogP contribution >= 0.6 is 0 Å². The average molecular weight is 476 g/mol. The van der Waals surface area contributed by atoms with Gasteiger partial charge >= 0.3 is 0 Å². The number of hydrogen-bond donors (Lipinski definition) is 1. The molecule has 1 N–H and O–H groups in total. The number of amides is 2. The quantitative estimate of drug-likeness (QED) is 0.624. The minimum absolute atomic E-state index is 0.0545. The summed E-state index contributed by atoms with van der Waals surface area (Å²) in [5, 5.41) is 3.08. The number of benzene rings is 2. The zero-order valence-electron chi connectivity index (χ0n) is 20.8. The third kappa shape index (κ3) is 5.36. The first-order valence-corrected chi connectivity index (χ1v) is 13.1. The maximum absolute atomic E-state index is 12.9. The molecule has 2 fully saturated rings. The lowest BCUT2D eigenvalue weighted by molar-refractivity contribution is -0.120. The van der Waals surface area contributed by atoms with Crippen LogP contribution in [0.3, 0.4) is 0 Å². The fraction of sp³-hybridized carbons (Fsp3) is 0.500. The molecule has 2 aromatic rings. The van der Waals surface area contributed by atoms with E-state index < -0.39 is 0 Å². The highest BCUT2D eigenvalue weighted by Gasteiger charge is 2.38. The van der Waals surface area contributed by atoms with Gasteiger partial charge in [-0.25, -0.2) is 0 Å². The smallest absolute Gasteiger partial charge is 0.251 e. The highest BCUT2D eigenvalue weighted by molar-refractivity contribution is 6.07. The van der Waals surface area contributed by atoms with E-state index in [1.807, 2.05) is 25.2 Å². The van der Waals surface area contributed by atoms with Crippen LogP contribution in [0.4, 0.5) is 11.4 Å². The van der Waals surface area contributed by atoms with E-state index in [0.29, 0.717) is 12.1 Å². The summed E-state index contributed by atoms with van der Waals surface area (Å²) in [5.74, 6) is 0.0701. The molecule has 1 unspecified atom stereocenters. The summed E-state index contributed by atoms with van der Waals surface area (Å²) in [6.07, 6.45) is 4.05. The second-order valence-corrected chi connectivity index (χ2v) is 10.0. The Bertz CT molecular complexity index is 1030. The maximum Gasteiger partial charge on any atom is 0.251 e. The van der Waals surface area contributed by atoms with Crippen LogP contribution in [0.25, 0.3) is 0 Å². The van der Waals surface area contributed by atoms with Gasteiger partial charge in [0.15, 0.2) is 0 Å². The average Bonchev–Trinajstić information content (AvgIpc) is 2.91. The molecule has 0 aliphatic carbocycles. The van der Waals surface area contributed by atoms with Gasteiger partial charge in [-0.1, -0.05) is 30.3 Å². The van der Waals surface area contributed by atoms with E-state index in [0.717, 1.165) is 82.9 Å². The van der Waals surface area contributed by atoms with E-state index in [2.05, 4.69) is 50.3 Å². The summed E-state index contributed by atoms with van der Waals surface area (Å²) >= 11 is 0. The van der Waals surface area contributed by atoms with Gasteiger partial charge in [0.05, 0.1) is 11.4 Å². The van der Waals surface area contributed by atoms with Gasteiger partial charge in [-0.3, -0.25) is 14.5 Å². The molecule has 7 heteroatoms. The molecule has 0 radical (unpaired) electrons. The van der Waals surface area contributed by atoms with Crippen molar-refractivity contribution in [3.8, 4) is 0 Å². The molecule has 0 aromatic heterocycles. The molecule has 3 aliphatic rings. The van der Waals surface area contributed by atoms with Crippen LogP contribution in [0.1, 0.15) is 41.6 Å². The third-order valence-corrected chi connectivity index (χ3v) is 7.68. The Balaban J connectivity index is 1.07. The summed E-state index contributed by atoms with van der Waals surface area (Å²) in [5.41, 5.74) is 3.90. The van der Waals surface area contributed by atoms with Crippen molar-refractivity contribution >= 4 is 23.2 Å². The normalized spacial score (nSPS) is 20.9. The van der Waals surface area contributed by atoms with Crippen molar-refractivity contribution in [1.29, 1.82) is 0 Å². The van der Waals surface area contributed by atoms with E-state index in [-0.39, 0.29) is 17.9 Å². The van der Waals surface area contributed by atoms with Crippen molar-refractivity contribution < 1.29 is 9.59 Å². The van der Waals surface area contributed by atoms with E-state index in [9.17, 15) is 9.59 Å². The molecule has 3 heterocycles. The molecule has 3 aliphatic heterocycles. The topological polar surface area (TPSA) is 59.1 Å². The highest BCUT2D eigenvalue weighted by Crippen LogP contribution is 2.39. The highest BCUT2D eigenvalue weighted by atomic mass is 16.2. The fourth-order valence-electron chi connectivity index (χ4n) is 5.61. The maximum atomic E-state index is 12.9. The third-order valence-electron chi connectivity index (χ3n) is 7.68. The summed E-state index contributed by atoms with van der Waals surface area (Å²) in [6.45, 7) is 7.89. The largest absolute Gasteiger partial charge is 0.358 e. The number of piperazine rings is 1. The molecule has 35 heavy (non-hydrogen) atoms. The van der Waals surface area contributed by atoms with E-state index >= 15 is 0 Å². The van der Waals surface area contributed by atoms with Gasteiger partial charge in [-0.05, 0) is 56.0 Å². The molecule has 2 aromatic carbocycles. The van der Waals surface area contributed by atoms with Gasteiger partial charge in [0.25, 0.3) is 5.91 Å². The lowest BCUT2D eigenvalue weighted by atomic mass is 9.96. The number of rotatable bonds is 7. The number of fused-ring (bicyclic) bond motifs is 3. The molecule has 2 amide bonds. The molecule has 0 bridgehead atoms. The summed E-state index contributed by atoms with van der Waals surface area (Å²) in [4.78, 5) is 34.6. The van der Waals surface area contributed by atoms with Crippen molar-refractivity contribution in [3.05, 3.63) is 59.7 Å². The zero-order chi connectivity index (χ0) is 24.2. The van der Waals surface area contributed by atoms with Gasteiger partial charge in [-0.2, -0.15) is 0 Å². The Hall–Kier alpha value is -2.90. The lowest BCUT2D eigenvalue weighted by Crippen LogP contribution is -2.54. The Labute approximate surface area is 208 Å². The Morgan fingerprint density at radius 1 is 0.943 bits per heavy atom. The van der Waals surface area contributed by atoms with Crippen LogP contribution in [0.15, 0.2) is 48.5 Å². The molecule has 0 spiro atoms. The predicted molar refractivity (Wildman–Crippen MR) is 140 cm³/mol. The van der Waals surface area contributed by atoms with Crippen LogP contribution in [-0.4, -0.2) is 80.5 Å². The Kier molecular flexibility index (Phi) is 7.35. The van der Waals surface area contributed by atoms with Crippen molar-refractivity contribution in [2.45, 2.75) is 38.3 Å². The van der Waals surface area contributed by atoms with E-state index in [1.54, 1.807) is 4.90 Å². The fourth-order valence-corrected chi connectivity index (χ4v) is 5.61. The van der Waals surface area contributed by atoms with Crippen LogP contribution in [0.2, 0.25) is 0 Å². The minimum Gasteiger partial charge on any atom is -0.358 e. The van der Waals surface area contributed by atoms with Crippen LogP contribution in [-0.2, 0) is 11.3 Å². The molecule has 0 saturated carbocycles. The van der Waals surface area contributed by atoms with Crippen molar-refractivity contribution in [1.82, 2.24) is 15.1 Å². The van der Waals surface area contributed by atoms with Gasteiger partial charge < -0.3 is 20.0 Å².